The molecule has 0 saturated heterocycles. The summed E-state index contributed by atoms with van der Waals surface area (Å²) < 4.78 is 0. The van der Waals surface area contributed by atoms with Crippen LogP contribution in [0.15, 0.2) is 0 Å². The monoisotopic (exact) mass is 129 g/mol. The van der Waals surface area contributed by atoms with Gasteiger partial charge in [-0.3, -0.25) is 4.79 Å². The number of carboxylic acids is 1. The van der Waals surface area contributed by atoms with Crippen molar-refractivity contribution in [2.45, 2.75) is 25.3 Å². The second kappa shape index (κ2) is 1.70. The summed E-state index contributed by atoms with van der Waals surface area (Å²) in [5.41, 5.74) is 5.24. The lowest BCUT2D eigenvalue weighted by Crippen LogP contribution is -2.27. The molecule has 0 unspecified atom stereocenters. The van der Waals surface area contributed by atoms with E-state index in [1.54, 1.807) is 0 Å². The molecule has 1 saturated carbocycles. The molecule has 0 aromatic heterocycles. The van der Waals surface area contributed by atoms with Crippen molar-refractivity contribution in [3.05, 3.63) is 0 Å². The van der Waals surface area contributed by atoms with E-state index in [1.807, 2.05) is 6.92 Å². The molecule has 0 aromatic rings. The van der Waals surface area contributed by atoms with Crippen LogP contribution in [0.1, 0.15) is 19.8 Å². The highest BCUT2D eigenvalue weighted by molar-refractivity contribution is 5.69. The zero-order chi connectivity index (χ0) is 7.07. The molecule has 0 amide bonds. The number of rotatable bonds is 2. The fraction of sp³-hybridized carbons (Fsp3) is 0.833. The van der Waals surface area contributed by atoms with Gasteiger partial charge in [0, 0.05) is 5.54 Å². The average Bonchev–Trinajstić information content (AvgIpc) is 2.10. The van der Waals surface area contributed by atoms with Gasteiger partial charge in [-0.1, -0.05) is 6.92 Å². The Labute approximate surface area is 53.9 Å². The number of carboxylic acid groups (broad SMARTS) is 1. The van der Waals surface area contributed by atoms with E-state index in [9.17, 15) is 4.79 Å². The molecule has 1 aliphatic carbocycles. The molecule has 3 nitrogen and oxygen atoms in total. The van der Waals surface area contributed by atoms with Crippen LogP contribution >= 0.6 is 0 Å². The topological polar surface area (TPSA) is 63.3 Å². The minimum Gasteiger partial charge on any atom is -0.481 e. The van der Waals surface area contributed by atoms with E-state index in [-0.39, 0.29) is 12.0 Å². The van der Waals surface area contributed by atoms with Crippen LogP contribution in [-0.2, 0) is 4.79 Å². The highest BCUT2D eigenvalue weighted by atomic mass is 16.4. The maximum atomic E-state index is 10.1. The first-order valence-corrected chi connectivity index (χ1v) is 3.05. The molecule has 1 aliphatic rings. The summed E-state index contributed by atoms with van der Waals surface area (Å²) in [4.78, 5) is 10.1. The molecule has 52 valence electrons. The lowest BCUT2D eigenvalue weighted by Gasteiger charge is -2.03. The molecule has 1 fully saturated rings. The van der Waals surface area contributed by atoms with Crippen molar-refractivity contribution >= 4 is 5.97 Å². The van der Waals surface area contributed by atoms with Crippen molar-refractivity contribution in [1.29, 1.82) is 0 Å². The lowest BCUT2D eigenvalue weighted by molar-refractivity contribution is -0.137. The summed E-state index contributed by atoms with van der Waals surface area (Å²) >= 11 is 0. The number of hydrogen-bond donors (Lipinski definition) is 2. The van der Waals surface area contributed by atoms with Crippen LogP contribution in [0, 0.1) is 5.92 Å². The van der Waals surface area contributed by atoms with E-state index in [0.717, 1.165) is 6.42 Å². The number of aliphatic carboxylic acids is 1. The van der Waals surface area contributed by atoms with E-state index in [0.29, 0.717) is 5.92 Å². The van der Waals surface area contributed by atoms with Gasteiger partial charge in [0.25, 0.3) is 0 Å². The van der Waals surface area contributed by atoms with Crippen LogP contribution in [0.5, 0.6) is 0 Å². The first-order valence-electron chi connectivity index (χ1n) is 3.05. The molecule has 1 rings (SSSR count). The van der Waals surface area contributed by atoms with Gasteiger partial charge in [0.1, 0.15) is 0 Å². The smallest absolute Gasteiger partial charge is 0.305 e. The third kappa shape index (κ3) is 1.21. The molecular formula is C6H11NO2. The van der Waals surface area contributed by atoms with E-state index < -0.39 is 5.97 Å². The predicted molar refractivity (Wildman–Crippen MR) is 33.0 cm³/mol. The van der Waals surface area contributed by atoms with Gasteiger partial charge < -0.3 is 10.8 Å². The van der Waals surface area contributed by atoms with Gasteiger partial charge in [-0.05, 0) is 12.3 Å². The molecular weight excluding hydrogens is 118 g/mol. The Morgan fingerprint density at radius 1 is 2.00 bits per heavy atom. The van der Waals surface area contributed by atoms with Gasteiger partial charge in [-0.2, -0.15) is 0 Å². The Balaban J connectivity index is 2.37. The van der Waals surface area contributed by atoms with Gasteiger partial charge in [0.2, 0.25) is 0 Å². The van der Waals surface area contributed by atoms with Gasteiger partial charge in [0.05, 0.1) is 6.42 Å². The molecule has 0 aliphatic heterocycles. The summed E-state index contributed by atoms with van der Waals surface area (Å²) in [7, 11) is 0. The summed E-state index contributed by atoms with van der Waals surface area (Å²) in [5.74, 6) is -0.393. The van der Waals surface area contributed by atoms with Gasteiger partial charge in [0.15, 0.2) is 0 Å². The Kier molecular flexibility index (Phi) is 1.24. The number of hydrogen-bond acceptors (Lipinski definition) is 2. The Bertz CT molecular complexity index is 146. The van der Waals surface area contributed by atoms with Crippen molar-refractivity contribution in [3.8, 4) is 0 Å². The molecule has 3 heteroatoms. The molecule has 0 aromatic carbocycles. The second-order valence-corrected chi connectivity index (χ2v) is 2.91. The summed E-state index contributed by atoms with van der Waals surface area (Å²) in [6.07, 6.45) is 0.980. The maximum absolute atomic E-state index is 10.1. The third-order valence-corrected chi connectivity index (χ3v) is 1.99. The lowest BCUT2D eigenvalue weighted by atomic mass is 10.1. The SMILES string of the molecule is C[C@H]1C[C@@]1(N)CC(=O)O. The van der Waals surface area contributed by atoms with E-state index in [4.69, 9.17) is 10.8 Å². The quantitative estimate of drug-likeness (QED) is 0.559. The minimum atomic E-state index is -0.790. The molecule has 9 heavy (non-hydrogen) atoms. The van der Waals surface area contributed by atoms with Crippen LogP contribution in [0.25, 0.3) is 0 Å². The van der Waals surface area contributed by atoms with E-state index >= 15 is 0 Å². The first kappa shape index (κ1) is 6.55. The molecule has 0 spiro atoms. The zero-order valence-corrected chi connectivity index (χ0v) is 5.42. The minimum absolute atomic E-state index is 0.119. The Hall–Kier alpha value is -0.570. The van der Waals surface area contributed by atoms with Crippen LogP contribution < -0.4 is 5.73 Å². The van der Waals surface area contributed by atoms with E-state index in [2.05, 4.69) is 0 Å². The molecule has 2 atom stereocenters. The van der Waals surface area contributed by atoms with E-state index in [1.165, 1.54) is 0 Å². The normalized spacial score (nSPS) is 40.4. The Morgan fingerprint density at radius 3 is 2.56 bits per heavy atom. The van der Waals surface area contributed by atoms with Crippen LogP contribution in [0.4, 0.5) is 0 Å². The maximum Gasteiger partial charge on any atom is 0.305 e. The molecule has 0 heterocycles. The number of carbonyl (C=O) groups is 1. The largest absolute Gasteiger partial charge is 0.481 e. The first-order chi connectivity index (χ1) is 4.04. The van der Waals surface area contributed by atoms with Gasteiger partial charge >= 0.3 is 5.97 Å². The fourth-order valence-electron chi connectivity index (χ4n) is 1.04. The highest BCUT2D eigenvalue weighted by Crippen LogP contribution is 2.42. The van der Waals surface area contributed by atoms with Crippen molar-refractivity contribution in [2.24, 2.45) is 11.7 Å². The molecule has 0 radical (unpaired) electrons. The predicted octanol–water partition coefficient (Wildman–Crippen LogP) is 0.198. The Morgan fingerprint density at radius 2 is 2.44 bits per heavy atom. The summed E-state index contributed by atoms with van der Waals surface area (Å²) in [6, 6.07) is 0. The summed E-state index contributed by atoms with van der Waals surface area (Å²) in [6.45, 7) is 1.98. The molecule has 3 N–H and O–H groups in total. The van der Waals surface area contributed by atoms with Crippen LogP contribution in [0.3, 0.4) is 0 Å². The van der Waals surface area contributed by atoms with Crippen molar-refractivity contribution in [3.63, 3.8) is 0 Å². The highest BCUT2D eigenvalue weighted by Gasteiger charge is 2.48. The standard InChI is InChI=1S/C6H11NO2/c1-4-2-6(4,7)3-5(8)9/h4H,2-3,7H2,1H3,(H,8,9)/t4-,6+/m0/s1. The zero-order valence-electron chi connectivity index (χ0n) is 5.42. The summed E-state index contributed by atoms with van der Waals surface area (Å²) in [5, 5.41) is 8.33. The number of nitrogens with two attached hydrogens (primary N) is 1. The van der Waals surface area contributed by atoms with Gasteiger partial charge in [-0.15, -0.1) is 0 Å². The average molecular weight is 129 g/mol. The van der Waals surface area contributed by atoms with Crippen molar-refractivity contribution in [2.75, 3.05) is 0 Å². The fourth-order valence-corrected chi connectivity index (χ4v) is 1.04. The van der Waals surface area contributed by atoms with Gasteiger partial charge in [-0.25, -0.2) is 0 Å². The molecule has 0 bridgehead atoms. The van der Waals surface area contributed by atoms with Crippen LogP contribution in [0.2, 0.25) is 0 Å². The van der Waals surface area contributed by atoms with Crippen molar-refractivity contribution in [1.82, 2.24) is 0 Å². The second-order valence-electron chi connectivity index (χ2n) is 2.91. The van der Waals surface area contributed by atoms with Crippen molar-refractivity contribution < 1.29 is 9.90 Å². The third-order valence-electron chi connectivity index (χ3n) is 1.99. The van der Waals surface area contributed by atoms with Crippen LogP contribution in [-0.4, -0.2) is 16.6 Å².